The van der Waals surface area contributed by atoms with Crippen molar-refractivity contribution in [3.63, 3.8) is 0 Å². The zero-order chi connectivity index (χ0) is 19.6. The first-order chi connectivity index (χ1) is 12.7. The van der Waals surface area contributed by atoms with Crippen molar-refractivity contribution >= 4 is 17.5 Å². The molecule has 8 heteroatoms. The number of aryl methyl sites for hydroxylation is 1. The van der Waals surface area contributed by atoms with Crippen molar-refractivity contribution in [3.8, 4) is 0 Å². The van der Waals surface area contributed by atoms with E-state index in [-0.39, 0.29) is 11.4 Å². The van der Waals surface area contributed by atoms with E-state index >= 15 is 0 Å². The van der Waals surface area contributed by atoms with Crippen molar-refractivity contribution < 1.29 is 18.0 Å². The van der Waals surface area contributed by atoms with E-state index in [4.69, 9.17) is 0 Å². The highest BCUT2D eigenvalue weighted by Gasteiger charge is 2.30. The highest BCUT2D eigenvalue weighted by atomic mass is 19.4. The summed E-state index contributed by atoms with van der Waals surface area (Å²) in [5.41, 5.74) is 0.0167. The van der Waals surface area contributed by atoms with Gasteiger partial charge in [0.25, 0.3) is 5.91 Å². The van der Waals surface area contributed by atoms with Crippen molar-refractivity contribution in [2.24, 2.45) is 5.92 Å². The van der Waals surface area contributed by atoms with E-state index in [1.165, 1.54) is 18.2 Å². The number of alkyl halides is 3. The maximum Gasteiger partial charge on any atom is 0.416 e. The molecular formula is C19H21F3N4O. The van der Waals surface area contributed by atoms with E-state index in [9.17, 15) is 18.0 Å². The minimum absolute atomic E-state index is 0.0689. The summed E-state index contributed by atoms with van der Waals surface area (Å²) < 4.78 is 38.5. The molecule has 1 aliphatic rings. The van der Waals surface area contributed by atoms with Gasteiger partial charge in [-0.05, 0) is 49.9 Å². The number of nitrogens with zero attached hydrogens (tertiary/aromatic N) is 3. The Bertz CT molecular complexity index is 830. The average Bonchev–Trinajstić information content (AvgIpc) is 2.61. The highest BCUT2D eigenvalue weighted by molar-refractivity contribution is 6.03. The van der Waals surface area contributed by atoms with Crippen molar-refractivity contribution in [1.29, 1.82) is 0 Å². The third-order valence-electron chi connectivity index (χ3n) is 4.59. The summed E-state index contributed by atoms with van der Waals surface area (Å²) in [6.07, 6.45) is -2.41. The zero-order valence-corrected chi connectivity index (χ0v) is 15.2. The summed E-state index contributed by atoms with van der Waals surface area (Å²) in [6.45, 7) is 5.60. The number of carbonyl (C=O) groups is 1. The normalized spacial score (nSPS) is 15.7. The van der Waals surface area contributed by atoms with Gasteiger partial charge in [0.1, 0.15) is 5.69 Å². The Kier molecular flexibility index (Phi) is 5.34. The first-order valence-corrected chi connectivity index (χ1v) is 8.81. The van der Waals surface area contributed by atoms with Crippen molar-refractivity contribution in [2.45, 2.75) is 32.9 Å². The summed E-state index contributed by atoms with van der Waals surface area (Å²) in [7, 11) is 0. The van der Waals surface area contributed by atoms with Crippen LogP contribution in [0, 0.1) is 12.8 Å². The molecule has 3 rings (SSSR count). The second-order valence-corrected chi connectivity index (χ2v) is 6.90. The summed E-state index contributed by atoms with van der Waals surface area (Å²) in [5, 5.41) is 2.49. The van der Waals surface area contributed by atoms with E-state index in [1.807, 2.05) is 4.90 Å². The lowest BCUT2D eigenvalue weighted by atomic mass is 10.00. The third-order valence-corrected chi connectivity index (χ3v) is 4.59. The Labute approximate surface area is 155 Å². The Balaban J connectivity index is 1.79. The molecule has 2 heterocycles. The van der Waals surface area contributed by atoms with Crippen LogP contribution in [-0.4, -0.2) is 29.0 Å². The monoisotopic (exact) mass is 378 g/mol. The van der Waals surface area contributed by atoms with E-state index < -0.39 is 17.6 Å². The van der Waals surface area contributed by atoms with Crippen LogP contribution in [0.1, 0.15) is 41.5 Å². The van der Waals surface area contributed by atoms with Gasteiger partial charge in [-0.1, -0.05) is 13.0 Å². The van der Waals surface area contributed by atoms with Crippen molar-refractivity contribution in [2.75, 3.05) is 23.3 Å². The molecule has 0 spiro atoms. The Morgan fingerprint density at radius 3 is 2.56 bits per heavy atom. The molecule has 0 saturated carbocycles. The number of hydrogen-bond donors (Lipinski definition) is 1. The fourth-order valence-electron chi connectivity index (χ4n) is 2.99. The van der Waals surface area contributed by atoms with Gasteiger partial charge in [0.15, 0.2) is 0 Å². The molecular weight excluding hydrogens is 357 g/mol. The molecule has 0 radical (unpaired) electrons. The van der Waals surface area contributed by atoms with Crippen LogP contribution in [-0.2, 0) is 6.18 Å². The first-order valence-electron chi connectivity index (χ1n) is 8.81. The lowest BCUT2D eigenvalue weighted by molar-refractivity contribution is -0.137. The van der Waals surface area contributed by atoms with Gasteiger partial charge >= 0.3 is 6.18 Å². The smallest absolute Gasteiger partial charge is 0.341 e. The molecule has 144 valence electrons. The van der Waals surface area contributed by atoms with Gasteiger partial charge in [0.05, 0.1) is 5.56 Å². The van der Waals surface area contributed by atoms with Gasteiger partial charge in [-0.15, -0.1) is 0 Å². The van der Waals surface area contributed by atoms with E-state index in [0.29, 0.717) is 17.6 Å². The Morgan fingerprint density at radius 1 is 1.19 bits per heavy atom. The predicted molar refractivity (Wildman–Crippen MR) is 96.8 cm³/mol. The van der Waals surface area contributed by atoms with Crippen LogP contribution in [0.25, 0.3) is 0 Å². The molecule has 0 unspecified atom stereocenters. The van der Waals surface area contributed by atoms with E-state index in [0.717, 1.165) is 38.1 Å². The molecule has 1 saturated heterocycles. The maximum atomic E-state index is 12.8. The minimum atomic E-state index is -4.47. The van der Waals surface area contributed by atoms with Gasteiger partial charge in [-0.3, -0.25) is 4.79 Å². The van der Waals surface area contributed by atoms with Crippen molar-refractivity contribution in [3.05, 3.63) is 47.3 Å². The second-order valence-electron chi connectivity index (χ2n) is 6.90. The highest BCUT2D eigenvalue weighted by Crippen LogP contribution is 2.30. The standard InChI is InChI=1S/C19H21F3N4O/c1-12-6-8-26(9-7-12)18-23-13(2)10-16(25-18)17(27)24-15-5-3-4-14(11-15)19(20,21)22/h3-5,10-12H,6-9H2,1-2H3,(H,24,27). The topological polar surface area (TPSA) is 58.1 Å². The van der Waals surface area contributed by atoms with Gasteiger partial charge < -0.3 is 10.2 Å². The zero-order valence-electron chi connectivity index (χ0n) is 15.2. The number of halogens is 3. The molecule has 2 aromatic rings. The molecule has 1 aromatic carbocycles. The molecule has 0 atom stereocenters. The lowest BCUT2D eigenvalue weighted by Crippen LogP contribution is -2.34. The lowest BCUT2D eigenvalue weighted by Gasteiger charge is -2.30. The molecule has 27 heavy (non-hydrogen) atoms. The number of piperidine rings is 1. The van der Waals surface area contributed by atoms with Gasteiger partial charge in [-0.2, -0.15) is 13.2 Å². The number of rotatable bonds is 3. The van der Waals surface area contributed by atoms with Gasteiger partial charge in [0.2, 0.25) is 5.95 Å². The third kappa shape index (κ3) is 4.75. The van der Waals surface area contributed by atoms with Crippen molar-refractivity contribution in [1.82, 2.24) is 9.97 Å². The SMILES string of the molecule is Cc1cc(C(=O)Nc2cccc(C(F)(F)F)c2)nc(N2CCC(C)CC2)n1. The Morgan fingerprint density at radius 2 is 1.89 bits per heavy atom. The fraction of sp³-hybridized carbons (Fsp3) is 0.421. The Hall–Kier alpha value is -2.64. The summed E-state index contributed by atoms with van der Waals surface area (Å²) >= 11 is 0. The van der Waals surface area contributed by atoms with Crippen LogP contribution in [0.15, 0.2) is 30.3 Å². The van der Waals surface area contributed by atoms with Crippen LogP contribution in [0.4, 0.5) is 24.8 Å². The van der Waals surface area contributed by atoms with Crippen LogP contribution >= 0.6 is 0 Å². The number of hydrogen-bond acceptors (Lipinski definition) is 4. The van der Waals surface area contributed by atoms with Crippen LogP contribution < -0.4 is 10.2 Å². The van der Waals surface area contributed by atoms with E-state index in [2.05, 4.69) is 22.2 Å². The first kappa shape index (κ1) is 19.1. The quantitative estimate of drug-likeness (QED) is 0.866. The molecule has 0 aliphatic carbocycles. The molecule has 1 aromatic heterocycles. The van der Waals surface area contributed by atoms with Gasteiger partial charge in [-0.25, -0.2) is 9.97 Å². The molecule has 1 amide bonds. The number of carbonyl (C=O) groups excluding carboxylic acids is 1. The predicted octanol–water partition coefficient (Wildman–Crippen LogP) is 4.29. The molecule has 5 nitrogen and oxygen atoms in total. The number of benzene rings is 1. The van der Waals surface area contributed by atoms with Crippen LogP contribution in [0.5, 0.6) is 0 Å². The summed E-state index contributed by atoms with van der Waals surface area (Å²) in [5.74, 6) is 0.567. The van der Waals surface area contributed by atoms with Gasteiger partial charge in [0, 0.05) is 24.5 Å². The number of nitrogens with one attached hydrogen (secondary N) is 1. The maximum absolute atomic E-state index is 12.8. The summed E-state index contributed by atoms with van der Waals surface area (Å²) in [4.78, 5) is 23.3. The minimum Gasteiger partial charge on any atom is -0.341 e. The second kappa shape index (κ2) is 7.54. The average molecular weight is 378 g/mol. The van der Waals surface area contributed by atoms with Crippen LogP contribution in [0.3, 0.4) is 0 Å². The largest absolute Gasteiger partial charge is 0.416 e. The number of amides is 1. The molecule has 0 bridgehead atoms. The van der Waals surface area contributed by atoms with E-state index in [1.54, 1.807) is 6.92 Å². The summed E-state index contributed by atoms with van der Waals surface area (Å²) in [6, 6.07) is 6.05. The molecule has 1 fully saturated rings. The molecule has 1 N–H and O–H groups in total. The number of anilines is 2. The fourth-order valence-corrected chi connectivity index (χ4v) is 2.99. The molecule has 1 aliphatic heterocycles. The number of aromatic nitrogens is 2. The van der Waals surface area contributed by atoms with Crippen LogP contribution in [0.2, 0.25) is 0 Å².